The summed E-state index contributed by atoms with van der Waals surface area (Å²) in [6.45, 7) is 4.98. The summed E-state index contributed by atoms with van der Waals surface area (Å²) in [5.74, 6) is 0.544. The Balaban J connectivity index is 2.05. The van der Waals surface area contributed by atoms with Gasteiger partial charge in [-0.15, -0.1) is 0 Å². The quantitative estimate of drug-likeness (QED) is 0.825. The molecule has 1 unspecified atom stereocenters. The van der Waals surface area contributed by atoms with Crippen LogP contribution in [0.15, 0.2) is 48.7 Å². The van der Waals surface area contributed by atoms with Gasteiger partial charge in [0.05, 0.1) is 6.61 Å². The topological polar surface area (TPSA) is 51.2 Å². The number of carbonyl (C=O) groups excluding carboxylic acids is 1. The Hall–Kier alpha value is -2.36. The van der Waals surface area contributed by atoms with Gasteiger partial charge in [-0.1, -0.05) is 37.3 Å². The van der Waals surface area contributed by atoms with E-state index in [2.05, 4.69) is 29.4 Å². The number of anilines is 1. The number of nitrogens with zero attached hydrogens (tertiary/aromatic N) is 1. The van der Waals surface area contributed by atoms with Crippen LogP contribution in [0.5, 0.6) is 0 Å². The molecule has 0 saturated heterocycles. The fraction of sp³-hybridized carbons (Fsp3) is 0.294. The van der Waals surface area contributed by atoms with Crippen LogP contribution in [0, 0.1) is 0 Å². The molecule has 4 heteroatoms. The number of esters is 1. The lowest BCUT2D eigenvalue weighted by molar-refractivity contribution is 0.0527. The van der Waals surface area contributed by atoms with Gasteiger partial charge < -0.3 is 10.1 Å². The van der Waals surface area contributed by atoms with Gasteiger partial charge in [0.25, 0.3) is 0 Å². The molecule has 0 amide bonds. The second-order valence-corrected chi connectivity index (χ2v) is 4.81. The maximum atomic E-state index is 11.9. The lowest BCUT2D eigenvalue weighted by atomic mass is 10.0. The Labute approximate surface area is 125 Å². The van der Waals surface area contributed by atoms with Crippen LogP contribution in [0.4, 0.5) is 5.82 Å². The average Bonchev–Trinajstić information content (AvgIpc) is 2.54. The molecule has 1 N–H and O–H groups in total. The summed E-state index contributed by atoms with van der Waals surface area (Å²) in [5, 5.41) is 3.24. The molecule has 0 fully saturated rings. The van der Waals surface area contributed by atoms with Crippen molar-refractivity contribution in [2.45, 2.75) is 19.8 Å². The van der Waals surface area contributed by atoms with Crippen molar-refractivity contribution in [1.29, 1.82) is 0 Å². The van der Waals surface area contributed by atoms with Crippen LogP contribution < -0.4 is 5.32 Å². The van der Waals surface area contributed by atoms with Gasteiger partial charge in [0.15, 0.2) is 0 Å². The van der Waals surface area contributed by atoms with Gasteiger partial charge in [-0.05, 0) is 30.5 Å². The zero-order valence-electron chi connectivity index (χ0n) is 12.4. The van der Waals surface area contributed by atoms with Crippen molar-refractivity contribution in [1.82, 2.24) is 4.98 Å². The monoisotopic (exact) mass is 284 g/mol. The highest BCUT2D eigenvalue weighted by molar-refractivity contribution is 5.94. The molecule has 0 saturated carbocycles. The SMILES string of the molecule is CCOC(=O)c1cccnc1NCC(C)c1ccccc1. The molecule has 1 aromatic carbocycles. The van der Waals surface area contributed by atoms with Gasteiger partial charge in [0.1, 0.15) is 11.4 Å². The molecule has 2 rings (SSSR count). The zero-order valence-corrected chi connectivity index (χ0v) is 12.4. The molecule has 0 spiro atoms. The van der Waals surface area contributed by atoms with Crippen LogP contribution >= 0.6 is 0 Å². The van der Waals surface area contributed by atoms with Gasteiger partial charge in [0.2, 0.25) is 0 Å². The third-order valence-electron chi connectivity index (χ3n) is 3.25. The fourth-order valence-electron chi connectivity index (χ4n) is 2.07. The van der Waals surface area contributed by atoms with Crippen LogP contribution in [-0.2, 0) is 4.74 Å². The molecule has 1 atom stereocenters. The number of aromatic nitrogens is 1. The minimum atomic E-state index is -0.347. The number of hydrogen-bond acceptors (Lipinski definition) is 4. The van der Waals surface area contributed by atoms with E-state index in [1.165, 1.54) is 5.56 Å². The third-order valence-corrected chi connectivity index (χ3v) is 3.25. The van der Waals surface area contributed by atoms with E-state index >= 15 is 0 Å². The smallest absolute Gasteiger partial charge is 0.341 e. The predicted molar refractivity (Wildman–Crippen MR) is 83.5 cm³/mol. The second kappa shape index (κ2) is 7.43. The van der Waals surface area contributed by atoms with Crippen molar-refractivity contribution in [3.05, 3.63) is 59.8 Å². The average molecular weight is 284 g/mol. The van der Waals surface area contributed by atoms with Crippen LogP contribution in [0.2, 0.25) is 0 Å². The molecule has 0 aliphatic heterocycles. The minimum absolute atomic E-state index is 0.322. The van der Waals surface area contributed by atoms with Crippen molar-refractivity contribution in [2.24, 2.45) is 0 Å². The Bertz CT molecular complexity index is 584. The molecule has 1 aromatic heterocycles. The Morgan fingerprint density at radius 2 is 2.00 bits per heavy atom. The first-order valence-corrected chi connectivity index (χ1v) is 7.13. The predicted octanol–water partition coefficient (Wildman–Crippen LogP) is 3.47. The highest BCUT2D eigenvalue weighted by Gasteiger charge is 2.14. The van der Waals surface area contributed by atoms with E-state index in [4.69, 9.17) is 4.74 Å². The second-order valence-electron chi connectivity index (χ2n) is 4.81. The molecule has 4 nitrogen and oxygen atoms in total. The van der Waals surface area contributed by atoms with E-state index in [0.29, 0.717) is 30.5 Å². The standard InChI is InChI=1S/C17H20N2O2/c1-3-21-17(20)15-10-7-11-18-16(15)19-12-13(2)14-8-5-4-6-9-14/h4-11,13H,3,12H2,1-2H3,(H,18,19). The van der Waals surface area contributed by atoms with Gasteiger partial charge in [-0.25, -0.2) is 9.78 Å². The summed E-state index contributed by atoms with van der Waals surface area (Å²) in [7, 11) is 0. The van der Waals surface area contributed by atoms with Crippen LogP contribution in [0.1, 0.15) is 35.7 Å². The number of nitrogens with one attached hydrogen (secondary N) is 1. The summed E-state index contributed by atoms with van der Waals surface area (Å²) < 4.78 is 5.04. The number of carbonyl (C=O) groups is 1. The van der Waals surface area contributed by atoms with Gasteiger partial charge >= 0.3 is 5.97 Å². The van der Waals surface area contributed by atoms with Gasteiger partial charge in [-0.3, -0.25) is 0 Å². The van der Waals surface area contributed by atoms with Gasteiger partial charge in [-0.2, -0.15) is 0 Å². The van der Waals surface area contributed by atoms with E-state index in [-0.39, 0.29) is 5.97 Å². The van der Waals surface area contributed by atoms with Crippen LogP contribution in [0.25, 0.3) is 0 Å². The highest BCUT2D eigenvalue weighted by Crippen LogP contribution is 2.18. The molecule has 2 aromatic rings. The van der Waals surface area contributed by atoms with Crippen molar-refractivity contribution in [3.8, 4) is 0 Å². The molecule has 110 valence electrons. The number of benzene rings is 1. The van der Waals surface area contributed by atoms with E-state index in [0.717, 1.165) is 0 Å². The molecule has 21 heavy (non-hydrogen) atoms. The fourth-order valence-corrected chi connectivity index (χ4v) is 2.07. The molecule has 0 bridgehead atoms. The largest absolute Gasteiger partial charge is 0.462 e. The van der Waals surface area contributed by atoms with E-state index in [1.54, 1.807) is 25.3 Å². The van der Waals surface area contributed by atoms with Gasteiger partial charge in [0, 0.05) is 12.7 Å². The normalized spacial score (nSPS) is 11.7. The number of ether oxygens (including phenoxy) is 1. The summed E-state index contributed by atoms with van der Waals surface area (Å²) in [5.41, 5.74) is 1.72. The van der Waals surface area contributed by atoms with Crippen molar-refractivity contribution in [2.75, 3.05) is 18.5 Å². The first-order chi connectivity index (χ1) is 10.2. The minimum Gasteiger partial charge on any atom is -0.462 e. The van der Waals surface area contributed by atoms with E-state index < -0.39 is 0 Å². The van der Waals surface area contributed by atoms with E-state index in [9.17, 15) is 4.79 Å². The van der Waals surface area contributed by atoms with Crippen molar-refractivity contribution >= 4 is 11.8 Å². The highest BCUT2D eigenvalue weighted by atomic mass is 16.5. The van der Waals surface area contributed by atoms with E-state index in [1.807, 2.05) is 18.2 Å². The first-order valence-electron chi connectivity index (χ1n) is 7.13. The van der Waals surface area contributed by atoms with Crippen molar-refractivity contribution < 1.29 is 9.53 Å². The lowest BCUT2D eigenvalue weighted by Gasteiger charge is -2.15. The number of pyridine rings is 1. The summed E-state index contributed by atoms with van der Waals surface area (Å²) >= 11 is 0. The molecule has 1 heterocycles. The maximum Gasteiger partial charge on any atom is 0.341 e. The molecule has 0 aliphatic rings. The zero-order chi connectivity index (χ0) is 15.1. The molecule has 0 aliphatic carbocycles. The lowest BCUT2D eigenvalue weighted by Crippen LogP contribution is -2.15. The molecule has 0 radical (unpaired) electrons. The summed E-state index contributed by atoms with van der Waals surface area (Å²) in [6.07, 6.45) is 1.66. The van der Waals surface area contributed by atoms with Crippen molar-refractivity contribution in [3.63, 3.8) is 0 Å². The number of rotatable bonds is 6. The molecular formula is C17H20N2O2. The first kappa shape index (κ1) is 15.0. The maximum absolute atomic E-state index is 11.9. The Kier molecular flexibility index (Phi) is 5.32. The van der Waals surface area contributed by atoms with Crippen LogP contribution in [0.3, 0.4) is 0 Å². The van der Waals surface area contributed by atoms with Crippen LogP contribution in [-0.4, -0.2) is 24.1 Å². The summed E-state index contributed by atoms with van der Waals surface area (Å²) in [6, 6.07) is 13.7. The summed E-state index contributed by atoms with van der Waals surface area (Å²) in [4.78, 5) is 16.1. The Morgan fingerprint density at radius 3 is 2.71 bits per heavy atom. The third kappa shape index (κ3) is 4.05. The Morgan fingerprint density at radius 1 is 1.24 bits per heavy atom. The number of hydrogen-bond donors (Lipinski definition) is 1. The molecular weight excluding hydrogens is 264 g/mol.